The van der Waals surface area contributed by atoms with Gasteiger partial charge < -0.3 is 5.11 Å². The second kappa shape index (κ2) is 6.87. The van der Waals surface area contributed by atoms with E-state index in [4.69, 9.17) is 9.66 Å². The molecule has 0 saturated carbocycles. The van der Waals surface area contributed by atoms with Crippen LogP contribution >= 0.6 is 8.46 Å². The van der Waals surface area contributed by atoms with Crippen molar-refractivity contribution in [3.8, 4) is 0 Å². The Morgan fingerprint density at radius 1 is 1.40 bits per heavy atom. The zero-order valence-electron chi connectivity index (χ0n) is 8.85. The van der Waals surface area contributed by atoms with Crippen molar-refractivity contribution in [3.63, 3.8) is 0 Å². The summed E-state index contributed by atoms with van der Waals surface area (Å²) >= 11 is 0. The molecule has 0 aliphatic rings. The van der Waals surface area contributed by atoms with Gasteiger partial charge in [-0.3, -0.25) is 9.35 Å². The molecule has 0 heterocycles. The topological polar surface area (TPSA) is 109 Å². The van der Waals surface area contributed by atoms with E-state index < -0.39 is 30.0 Å². The van der Waals surface area contributed by atoms with Crippen molar-refractivity contribution in [1.29, 1.82) is 0 Å². The van der Waals surface area contributed by atoms with E-state index in [-0.39, 0.29) is 11.9 Å². The minimum atomic E-state index is -3.66. The van der Waals surface area contributed by atoms with E-state index in [9.17, 15) is 17.8 Å². The van der Waals surface area contributed by atoms with Gasteiger partial charge >= 0.3 is 14.4 Å². The maximum absolute atomic E-state index is 10.3. The molecule has 0 rings (SSSR count). The molecule has 0 fully saturated rings. The number of hydrogen-bond acceptors (Lipinski definition) is 4. The van der Waals surface area contributed by atoms with E-state index >= 15 is 0 Å². The van der Waals surface area contributed by atoms with Crippen LogP contribution < -0.4 is 0 Å². The highest BCUT2D eigenvalue weighted by Crippen LogP contribution is 2.19. The van der Waals surface area contributed by atoms with Crippen LogP contribution in [-0.2, 0) is 19.5 Å². The summed E-state index contributed by atoms with van der Waals surface area (Å²) in [4.78, 5) is 10.3. The van der Waals surface area contributed by atoms with Gasteiger partial charge in [-0.1, -0.05) is 4.57 Å². The molecular formula is C7H16O6PS+. The van der Waals surface area contributed by atoms with Gasteiger partial charge in [0, 0.05) is 0 Å². The second-order valence-corrected chi connectivity index (χ2v) is 5.76. The van der Waals surface area contributed by atoms with Gasteiger partial charge in [0.1, 0.15) is 5.41 Å². The van der Waals surface area contributed by atoms with Crippen molar-refractivity contribution < 1.29 is 27.4 Å². The predicted octanol–water partition coefficient (Wildman–Crippen LogP) is 1.02. The summed E-state index contributed by atoms with van der Waals surface area (Å²) in [6, 6.07) is 0. The second-order valence-electron chi connectivity index (χ2n) is 3.38. The third-order valence-corrected chi connectivity index (χ3v) is 3.22. The van der Waals surface area contributed by atoms with E-state index in [1.165, 1.54) is 6.92 Å². The Morgan fingerprint density at radius 3 is 1.80 bits per heavy atom. The zero-order chi connectivity index (χ0) is 12.7. The van der Waals surface area contributed by atoms with Gasteiger partial charge in [-0.25, -0.2) is 0 Å². The lowest BCUT2D eigenvalue weighted by Crippen LogP contribution is -2.25. The van der Waals surface area contributed by atoms with Crippen LogP contribution in [0.4, 0.5) is 0 Å². The molecule has 0 spiro atoms. The summed E-state index contributed by atoms with van der Waals surface area (Å²) in [5.74, 6) is -1.10. The molecule has 1 unspecified atom stereocenters. The van der Waals surface area contributed by atoms with Crippen molar-refractivity contribution in [3.05, 3.63) is 0 Å². The molecule has 90 valence electrons. The Hall–Kier alpha value is -0.520. The molecule has 0 aromatic heterocycles. The van der Waals surface area contributed by atoms with Crippen LogP contribution in [0, 0.1) is 5.41 Å². The average Bonchev–Trinajstić information content (AvgIpc) is 2.04. The minimum Gasteiger partial charge on any atom is -0.481 e. The number of aliphatic carboxylic acids is 1. The van der Waals surface area contributed by atoms with Crippen molar-refractivity contribution in [1.82, 2.24) is 0 Å². The molecule has 0 aliphatic heterocycles. The minimum absolute atomic E-state index is 0.201. The van der Waals surface area contributed by atoms with Crippen molar-refractivity contribution >= 4 is 24.5 Å². The molecule has 0 aliphatic carbocycles. The zero-order valence-corrected chi connectivity index (χ0v) is 10.7. The normalized spacial score (nSPS) is 11.7. The fraction of sp³-hybridized carbons (Fsp3) is 0.857. The number of carbonyl (C=O) groups is 1. The summed E-state index contributed by atoms with van der Waals surface area (Å²) < 4.78 is 36.9. The molecule has 15 heavy (non-hydrogen) atoms. The molecular weight excluding hydrogens is 243 g/mol. The van der Waals surface area contributed by atoms with Crippen LogP contribution in [0.1, 0.15) is 20.8 Å². The van der Waals surface area contributed by atoms with Gasteiger partial charge in [0.05, 0.1) is 5.75 Å². The van der Waals surface area contributed by atoms with Gasteiger partial charge in [0.15, 0.2) is 6.16 Å². The summed E-state index contributed by atoms with van der Waals surface area (Å²) in [7, 11) is -4.19. The molecule has 2 N–H and O–H groups in total. The SMILES string of the molecule is CC(C)(C[PH+]=O)C(=O)O.CCS(=O)(=O)O. The first kappa shape index (κ1) is 16.9. The first-order chi connectivity index (χ1) is 6.56. The average molecular weight is 259 g/mol. The van der Waals surface area contributed by atoms with E-state index in [0.717, 1.165) is 0 Å². The fourth-order valence-corrected chi connectivity index (χ4v) is 0.768. The molecule has 0 saturated heterocycles. The highest BCUT2D eigenvalue weighted by Gasteiger charge is 2.30. The summed E-state index contributed by atoms with van der Waals surface area (Å²) in [5.41, 5.74) is -0.833. The van der Waals surface area contributed by atoms with Crippen LogP contribution in [-0.4, -0.2) is 36.0 Å². The fourth-order valence-electron chi connectivity index (χ4n) is 0.256. The molecule has 0 amide bonds. The molecule has 6 nitrogen and oxygen atoms in total. The molecule has 0 aromatic rings. The standard InChI is InChI=1S/C5H9O3P.C2H6O3S/c1-5(2,3-9-8)4(6)7;1-2-6(3,4)5/h3H2,1-2H3,(H,6,7);2H2,1H3,(H,3,4,5)/p+1. The van der Waals surface area contributed by atoms with Crippen molar-refractivity contribution in [2.75, 3.05) is 11.9 Å². The van der Waals surface area contributed by atoms with E-state index in [1.54, 1.807) is 13.8 Å². The summed E-state index contributed by atoms with van der Waals surface area (Å²) in [5, 5.41) is 8.44. The lowest BCUT2D eigenvalue weighted by Gasteiger charge is -2.09. The van der Waals surface area contributed by atoms with Crippen LogP contribution in [0.2, 0.25) is 0 Å². The quantitative estimate of drug-likeness (QED) is 0.576. The van der Waals surface area contributed by atoms with Crippen molar-refractivity contribution in [2.45, 2.75) is 20.8 Å². The van der Waals surface area contributed by atoms with E-state index in [0.29, 0.717) is 0 Å². The van der Waals surface area contributed by atoms with Gasteiger partial charge in [0.25, 0.3) is 10.1 Å². The highest BCUT2D eigenvalue weighted by atomic mass is 32.2. The number of hydrogen-bond donors (Lipinski definition) is 2. The summed E-state index contributed by atoms with van der Waals surface area (Å²) in [6.45, 7) is 4.48. The Morgan fingerprint density at radius 2 is 1.73 bits per heavy atom. The third-order valence-electron chi connectivity index (χ3n) is 1.46. The lowest BCUT2D eigenvalue weighted by atomic mass is 9.97. The largest absolute Gasteiger partial charge is 0.481 e. The molecule has 0 aromatic carbocycles. The first-order valence-corrected chi connectivity index (χ1v) is 6.83. The maximum Gasteiger partial charge on any atom is 0.326 e. The monoisotopic (exact) mass is 259 g/mol. The van der Waals surface area contributed by atoms with Crippen LogP contribution in [0.3, 0.4) is 0 Å². The summed E-state index contributed by atoms with van der Waals surface area (Å²) in [6.07, 6.45) is 0.225. The number of carboxylic acid groups (broad SMARTS) is 1. The predicted molar refractivity (Wildman–Crippen MR) is 57.4 cm³/mol. The molecule has 1 atom stereocenters. The number of carboxylic acids is 1. The lowest BCUT2D eigenvalue weighted by molar-refractivity contribution is -0.145. The van der Waals surface area contributed by atoms with Gasteiger partial charge in [-0.05, 0) is 20.8 Å². The van der Waals surface area contributed by atoms with Gasteiger partial charge in [-0.15, -0.1) is 0 Å². The highest BCUT2D eigenvalue weighted by molar-refractivity contribution is 7.85. The third kappa shape index (κ3) is 11.4. The first-order valence-electron chi connectivity index (χ1n) is 4.10. The van der Waals surface area contributed by atoms with Crippen LogP contribution in [0.15, 0.2) is 0 Å². The molecule has 0 radical (unpaired) electrons. The number of rotatable bonds is 4. The Balaban J connectivity index is 0. The van der Waals surface area contributed by atoms with Crippen molar-refractivity contribution in [2.24, 2.45) is 5.41 Å². The van der Waals surface area contributed by atoms with Crippen LogP contribution in [0.25, 0.3) is 0 Å². The van der Waals surface area contributed by atoms with E-state index in [2.05, 4.69) is 0 Å². The molecule has 8 heteroatoms. The smallest absolute Gasteiger partial charge is 0.326 e. The Kier molecular flexibility index (Phi) is 7.74. The molecule has 0 bridgehead atoms. The Bertz CT molecular complexity index is 307. The van der Waals surface area contributed by atoms with E-state index in [1.807, 2.05) is 0 Å². The maximum atomic E-state index is 10.3. The Labute approximate surface area is 90.6 Å². The van der Waals surface area contributed by atoms with Crippen LogP contribution in [0.5, 0.6) is 0 Å². The van der Waals surface area contributed by atoms with Gasteiger partial charge in [0.2, 0.25) is 0 Å². The van der Waals surface area contributed by atoms with Gasteiger partial charge in [-0.2, -0.15) is 8.42 Å².